The molecule has 1 aromatic rings. The van der Waals surface area contributed by atoms with Gasteiger partial charge in [0.15, 0.2) is 0 Å². The predicted molar refractivity (Wildman–Crippen MR) is 76.3 cm³/mol. The number of rotatable bonds is 6. The van der Waals surface area contributed by atoms with Gasteiger partial charge in [0.1, 0.15) is 0 Å². The van der Waals surface area contributed by atoms with Gasteiger partial charge in [0.2, 0.25) is 5.91 Å². The van der Waals surface area contributed by atoms with Crippen molar-refractivity contribution in [1.82, 2.24) is 10.6 Å². The van der Waals surface area contributed by atoms with E-state index in [1.54, 1.807) is 18.2 Å². The molecule has 5 heteroatoms. The number of hydrogen-bond donors (Lipinski definition) is 2. The zero-order valence-electron chi connectivity index (χ0n) is 10.6. The molecule has 0 atom stereocenters. The fraction of sp³-hybridized carbons (Fsp3) is 0.462. The first kappa shape index (κ1) is 15.3. The molecule has 0 saturated heterocycles. The van der Waals surface area contributed by atoms with E-state index in [1.165, 1.54) is 0 Å². The average molecular weight is 289 g/mol. The molecule has 18 heavy (non-hydrogen) atoms. The summed E-state index contributed by atoms with van der Waals surface area (Å²) in [6.45, 7) is 5.53. The minimum atomic E-state index is -0.0149. The molecule has 0 unspecified atom stereocenters. The lowest BCUT2D eigenvalue weighted by Gasteiger charge is -2.09. The largest absolute Gasteiger partial charge is 0.355 e. The fourth-order valence-electron chi connectivity index (χ4n) is 1.46. The Bertz CT molecular complexity index is 408. The fourth-order valence-corrected chi connectivity index (χ4v) is 1.78. The van der Waals surface area contributed by atoms with Gasteiger partial charge in [-0.15, -0.1) is 0 Å². The Hall–Kier alpha value is -0.770. The van der Waals surface area contributed by atoms with Crippen molar-refractivity contribution in [2.45, 2.75) is 26.3 Å². The molecule has 0 heterocycles. The van der Waals surface area contributed by atoms with Crippen molar-refractivity contribution in [1.29, 1.82) is 0 Å². The van der Waals surface area contributed by atoms with Gasteiger partial charge in [0, 0.05) is 19.1 Å². The van der Waals surface area contributed by atoms with Crippen molar-refractivity contribution >= 4 is 29.1 Å². The van der Waals surface area contributed by atoms with Crippen LogP contribution >= 0.6 is 23.2 Å². The Labute approximate surface area is 118 Å². The highest BCUT2D eigenvalue weighted by Crippen LogP contribution is 2.22. The van der Waals surface area contributed by atoms with E-state index in [0.717, 1.165) is 12.1 Å². The van der Waals surface area contributed by atoms with E-state index in [-0.39, 0.29) is 5.91 Å². The monoisotopic (exact) mass is 288 g/mol. The first-order chi connectivity index (χ1) is 8.49. The van der Waals surface area contributed by atoms with Crippen LogP contribution in [0, 0.1) is 0 Å². The van der Waals surface area contributed by atoms with Crippen LogP contribution in [0.2, 0.25) is 10.0 Å². The van der Waals surface area contributed by atoms with Crippen LogP contribution in [0.5, 0.6) is 0 Å². The van der Waals surface area contributed by atoms with Crippen LogP contribution in [-0.2, 0) is 11.2 Å². The maximum Gasteiger partial charge on any atom is 0.224 e. The van der Waals surface area contributed by atoms with E-state index in [0.29, 0.717) is 29.1 Å². The zero-order valence-corrected chi connectivity index (χ0v) is 12.1. The lowest BCUT2D eigenvalue weighted by atomic mass is 10.1. The van der Waals surface area contributed by atoms with Crippen LogP contribution < -0.4 is 10.6 Å². The van der Waals surface area contributed by atoms with Gasteiger partial charge in [-0.2, -0.15) is 0 Å². The first-order valence-corrected chi connectivity index (χ1v) is 6.68. The molecule has 2 N–H and O–H groups in total. The Morgan fingerprint density at radius 2 is 1.94 bits per heavy atom. The Balaban J connectivity index is 2.33. The molecule has 0 bridgehead atoms. The van der Waals surface area contributed by atoms with E-state index in [9.17, 15) is 4.79 Å². The lowest BCUT2D eigenvalue weighted by molar-refractivity contribution is -0.120. The highest BCUT2D eigenvalue weighted by Gasteiger charge is 2.05. The molecule has 1 aromatic carbocycles. The third-order valence-electron chi connectivity index (χ3n) is 2.35. The minimum Gasteiger partial charge on any atom is -0.355 e. The molecule has 0 aliphatic rings. The van der Waals surface area contributed by atoms with E-state index in [2.05, 4.69) is 24.5 Å². The number of carbonyl (C=O) groups excluding carboxylic acids is 1. The Kier molecular flexibility index (Phi) is 6.47. The van der Waals surface area contributed by atoms with Crippen LogP contribution in [0.15, 0.2) is 18.2 Å². The molecular formula is C13H18Cl2N2O. The van der Waals surface area contributed by atoms with Gasteiger partial charge in [-0.05, 0) is 17.7 Å². The summed E-state index contributed by atoms with van der Waals surface area (Å²) in [7, 11) is 0. The summed E-state index contributed by atoms with van der Waals surface area (Å²) >= 11 is 11.7. The third-order valence-corrected chi connectivity index (χ3v) is 3.09. The van der Waals surface area contributed by atoms with Gasteiger partial charge >= 0.3 is 0 Å². The molecule has 0 fully saturated rings. The summed E-state index contributed by atoms with van der Waals surface area (Å²) in [6, 6.07) is 5.65. The predicted octanol–water partition coefficient (Wildman–Crippen LogP) is 2.65. The average Bonchev–Trinajstić information content (AvgIpc) is 2.29. The van der Waals surface area contributed by atoms with Crippen LogP contribution in [0.1, 0.15) is 19.4 Å². The van der Waals surface area contributed by atoms with E-state index in [4.69, 9.17) is 23.2 Å². The second-order valence-electron chi connectivity index (χ2n) is 4.38. The number of hydrogen-bond acceptors (Lipinski definition) is 2. The molecule has 0 aliphatic carbocycles. The van der Waals surface area contributed by atoms with Crippen molar-refractivity contribution in [3.05, 3.63) is 33.8 Å². The molecule has 3 nitrogen and oxygen atoms in total. The number of benzene rings is 1. The van der Waals surface area contributed by atoms with Crippen LogP contribution in [0.3, 0.4) is 0 Å². The second kappa shape index (κ2) is 7.62. The molecule has 0 aromatic heterocycles. The van der Waals surface area contributed by atoms with Gasteiger partial charge in [0.05, 0.1) is 16.5 Å². The topological polar surface area (TPSA) is 41.1 Å². The molecule has 1 rings (SSSR count). The molecule has 0 saturated carbocycles. The van der Waals surface area contributed by atoms with Crippen molar-refractivity contribution in [2.75, 3.05) is 13.1 Å². The SMILES string of the molecule is CC(C)NCCNC(=O)Cc1ccc(Cl)c(Cl)c1. The molecular weight excluding hydrogens is 271 g/mol. The van der Waals surface area contributed by atoms with Crippen molar-refractivity contribution in [3.8, 4) is 0 Å². The summed E-state index contributed by atoms with van der Waals surface area (Å²) < 4.78 is 0. The standard InChI is InChI=1S/C13H18Cl2N2O/c1-9(2)16-5-6-17-13(18)8-10-3-4-11(14)12(15)7-10/h3-4,7,9,16H,5-6,8H2,1-2H3,(H,17,18). The highest BCUT2D eigenvalue weighted by molar-refractivity contribution is 6.42. The summed E-state index contributed by atoms with van der Waals surface area (Å²) in [5.41, 5.74) is 0.860. The van der Waals surface area contributed by atoms with E-state index >= 15 is 0 Å². The van der Waals surface area contributed by atoms with Crippen molar-refractivity contribution in [3.63, 3.8) is 0 Å². The molecule has 0 radical (unpaired) electrons. The number of halogens is 2. The summed E-state index contributed by atoms with van der Waals surface area (Å²) in [5.74, 6) is -0.0149. The van der Waals surface area contributed by atoms with Crippen LogP contribution in [-0.4, -0.2) is 25.0 Å². The van der Waals surface area contributed by atoms with Crippen LogP contribution in [0.25, 0.3) is 0 Å². The second-order valence-corrected chi connectivity index (χ2v) is 5.20. The maximum atomic E-state index is 11.6. The van der Waals surface area contributed by atoms with Crippen LogP contribution in [0.4, 0.5) is 0 Å². The van der Waals surface area contributed by atoms with E-state index in [1.807, 2.05) is 0 Å². The van der Waals surface area contributed by atoms with Crippen molar-refractivity contribution < 1.29 is 4.79 Å². The van der Waals surface area contributed by atoms with Crippen molar-refractivity contribution in [2.24, 2.45) is 0 Å². The smallest absolute Gasteiger partial charge is 0.224 e. The highest BCUT2D eigenvalue weighted by atomic mass is 35.5. The maximum absolute atomic E-state index is 11.6. The van der Waals surface area contributed by atoms with Gasteiger partial charge in [0.25, 0.3) is 0 Å². The third kappa shape index (κ3) is 5.71. The minimum absolute atomic E-state index is 0.0149. The number of amides is 1. The molecule has 0 aliphatic heterocycles. The number of carbonyl (C=O) groups is 1. The van der Waals surface area contributed by atoms with Gasteiger partial charge in [-0.3, -0.25) is 4.79 Å². The Morgan fingerprint density at radius 3 is 2.56 bits per heavy atom. The summed E-state index contributed by atoms with van der Waals surface area (Å²) in [6.07, 6.45) is 0.318. The zero-order chi connectivity index (χ0) is 13.5. The summed E-state index contributed by atoms with van der Waals surface area (Å²) in [5, 5.41) is 7.05. The quantitative estimate of drug-likeness (QED) is 0.790. The number of nitrogens with one attached hydrogen (secondary N) is 2. The molecule has 100 valence electrons. The first-order valence-electron chi connectivity index (χ1n) is 5.93. The van der Waals surface area contributed by atoms with Gasteiger partial charge in [-0.1, -0.05) is 43.1 Å². The van der Waals surface area contributed by atoms with Gasteiger partial charge in [-0.25, -0.2) is 0 Å². The Morgan fingerprint density at radius 1 is 1.22 bits per heavy atom. The normalized spacial score (nSPS) is 10.7. The molecule has 0 spiro atoms. The lowest BCUT2D eigenvalue weighted by Crippen LogP contribution is -2.35. The van der Waals surface area contributed by atoms with Gasteiger partial charge < -0.3 is 10.6 Å². The summed E-state index contributed by atoms with van der Waals surface area (Å²) in [4.78, 5) is 11.6. The van der Waals surface area contributed by atoms with E-state index < -0.39 is 0 Å². The molecule has 1 amide bonds.